The summed E-state index contributed by atoms with van der Waals surface area (Å²) in [6.07, 6.45) is 0. The molecule has 0 atom stereocenters. The zero-order chi connectivity index (χ0) is 4.50. The van der Waals surface area contributed by atoms with Gasteiger partial charge in [-0.25, -0.2) is 0 Å². The third-order valence-corrected chi connectivity index (χ3v) is 0. The van der Waals surface area contributed by atoms with Crippen molar-refractivity contribution in [3.8, 4) is 0 Å². The van der Waals surface area contributed by atoms with Crippen LogP contribution in [0, 0.1) is 0 Å². The molecule has 0 aromatic heterocycles. The van der Waals surface area contributed by atoms with Crippen molar-refractivity contribution in [2.45, 2.75) is 0 Å². The zero-order valence-corrected chi connectivity index (χ0v) is 12.9. The predicted molar refractivity (Wildman–Crippen MR) is 35.7 cm³/mol. The molecule has 0 radical (unpaired) electrons. The largest absolute Gasteiger partial charge is 1.00 e. The first-order valence-corrected chi connectivity index (χ1v) is 16.2. The molecular weight excluding hydrogens is 454 g/mol. The summed E-state index contributed by atoms with van der Waals surface area (Å²) in [5, 5.41) is 0. The van der Waals surface area contributed by atoms with E-state index in [1.807, 2.05) is 0 Å². The van der Waals surface area contributed by atoms with E-state index in [4.69, 9.17) is 0 Å². The summed E-state index contributed by atoms with van der Waals surface area (Å²) in [5.74, 6) is 0. The van der Waals surface area contributed by atoms with E-state index in [2.05, 4.69) is 52.6 Å². The molecule has 0 aromatic carbocycles. The average molecular weight is 454 g/mol. The maximum atomic E-state index is 3.31. The smallest absolute Gasteiger partial charge is 1.00 e. The summed E-state index contributed by atoms with van der Waals surface area (Å²) in [4.78, 5) is 0. The fraction of sp³-hybridized carbons (Fsp3) is 0. The second kappa shape index (κ2) is 7.81. The Hall–Kier alpha value is 3.71. The molecular formula is Br5LiTi. The summed E-state index contributed by atoms with van der Waals surface area (Å²) in [7, 11) is -1.75. The molecule has 0 unspecified atom stereocenters. The molecule has 0 fully saturated rings. The maximum absolute atomic E-state index is 3.31. The number of hydrogen-bond donors (Lipinski definition) is 0. The van der Waals surface area contributed by atoms with Crippen molar-refractivity contribution >= 4 is 52.6 Å². The molecule has 0 bridgehead atoms. The van der Waals surface area contributed by atoms with Crippen LogP contribution < -0.4 is 35.8 Å². The minimum Gasteiger partial charge on any atom is 1.00 e. The van der Waals surface area contributed by atoms with Gasteiger partial charge >= 0.3 is 79.7 Å². The topological polar surface area (TPSA) is 0 Å². The van der Waals surface area contributed by atoms with Crippen molar-refractivity contribution in [1.29, 1.82) is 0 Å². The Bertz CT molecular complexity index is 23.6. The van der Waals surface area contributed by atoms with Gasteiger partial charge < -0.3 is 17.0 Å². The Morgan fingerprint density at radius 1 is 0.857 bits per heavy atom. The fourth-order valence-corrected chi connectivity index (χ4v) is 0. The molecule has 0 heterocycles. The fourth-order valence-electron chi connectivity index (χ4n) is 0. The van der Waals surface area contributed by atoms with Crippen molar-refractivity contribution < 1.29 is 44.1 Å². The number of hydrogen-bond acceptors (Lipinski definition) is 0. The molecule has 40 valence electrons. The van der Waals surface area contributed by atoms with E-state index in [0.717, 1.165) is 0 Å². The van der Waals surface area contributed by atoms with Crippen molar-refractivity contribution in [2.24, 2.45) is 0 Å². The van der Waals surface area contributed by atoms with E-state index < -0.39 is 8.21 Å². The standard InChI is InChI=1S/5BrH.Li.Ti/h5*1H;;/q;;;;;+1;+4/p-5. The molecule has 0 saturated carbocycles. The van der Waals surface area contributed by atoms with Crippen LogP contribution in [0.1, 0.15) is 0 Å². The van der Waals surface area contributed by atoms with E-state index in [0.29, 0.717) is 0 Å². The summed E-state index contributed by atoms with van der Waals surface area (Å²) in [5.41, 5.74) is 0. The summed E-state index contributed by atoms with van der Waals surface area (Å²) in [6.45, 7) is 0. The molecule has 7 heteroatoms. The van der Waals surface area contributed by atoms with Gasteiger partial charge in [0.05, 0.1) is 0 Å². The van der Waals surface area contributed by atoms with Gasteiger partial charge in [-0.15, -0.1) is 0 Å². The predicted octanol–water partition coefficient (Wildman–Crippen LogP) is -2.61. The van der Waals surface area contributed by atoms with Crippen molar-refractivity contribution in [3.05, 3.63) is 0 Å². The number of halogens is 5. The van der Waals surface area contributed by atoms with E-state index in [9.17, 15) is 0 Å². The zero-order valence-electron chi connectivity index (χ0n) is 3.39. The summed E-state index contributed by atoms with van der Waals surface area (Å²) in [6, 6.07) is 0. The van der Waals surface area contributed by atoms with Crippen molar-refractivity contribution in [1.82, 2.24) is 0 Å². The molecule has 0 aliphatic rings. The minimum absolute atomic E-state index is 0. The van der Waals surface area contributed by atoms with Gasteiger partial charge in [0, 0.05) is 0 Å². The molecule has 0 spiro atoms. The van der Waals surface area contributed by atoms with E-state index in [-0.39, 0.29) is 35.8 Å². The third-order valence-electron chi connectivity index (χ3n) is 0. The maximum Gasteiger partial charge on any atom is 1.00 e. The van der Waals surface area contributed by atoms with Crippen LogP contribution in [-0.2, 0) is 8.21 Å². The van der Waals surface area contributed by atoms with Crippen molar-refractivity contribution in [3.63, 3.8) is 0 Å². The summed E-state index contributed by atoms with van der Waals surface area (Å²) < 4.78 is 0. The first kappa shape index (κ1) is 17.0. The summed E-state index contributed by atoms with van der Waals surface area (Å²) >= 11 is 13.2. The van der Waals surface area contributed by atoms with Crippen molar-refractivity contribution in [2.75, 3.05) is 0 Å². The van der Waals surface area contributed by atoms with Crippen LogP contribution >= 0.6 is 52.6 Å². The molecule has 0 rings (SSSR count). The molecule has 0 aliphatic heterocycles. The van der Waals surface area contributed by atoms with Crippen LogP contribution in [0.25, 0.3) is 0 Å². The third kappa shape index (κ3) is 41.9. The van der Waals surface area contributed by atoms with Gasteiger partial charge in [0.2, 0.25) is 0 Å². The van der Waals surface area contributed by atoms with Crippen LogP contribution in [0.5, 0.6) is 0 Å². The number of rotatable bonds is 0. The SMILES string of the molecule is [Br-].[Br][Ti]([Br])([Br])[Br].[Li+]. The van der Waals surface area contributed by atoms with Crippen LogP contribution in [0.3, 0.4) is 0 Å². The van der Waals surface area contributed by atoms with Gasteiger partial charge in [0.25, 0.3) is 0 Å². The minimum atomic E-state index is -1.75. The van der Waals surface area contributed by atoms with E-state index >= 15 is 0 Å². The Morgan fingerprint density at radius 3 is 0.857 bits per heavy atom. The molecule has 0 saturated heterocycles. The molecule has 0 amide bonds. The molecule has 7 heavy (non-hydrogen) atoms. The molecule has 0 aliphatic carbocycles. The Balaban J connectivity index is -0.0000000800. The molecule has 0 nitrogen and oxygen atoms in total. The van der Waals surface area contributed by atoms with Gasteiger partial charge in [0.1, 0.15) is 0 Å². The second-order valence-corrected chi connectivity index (χ2v) is 47.7. The van der Waals surface area contributed by atoms with Crippen LogP contribution in [0.2, 0.25) is 0 Å². The Morgan fingerprint density at radius 2 is 0.857 bits per heavy atom. The van der Waals surface area contributed by atoms with Crippen LogP contribution in [0.15, 0.2) is 0 Å². The first-order chi connectivity index (χ1) is 2.00. The van der Waals surface area contributed by atoms with Crippen LogP contribution in [0.4, 0.5) is 0 Å². The van der Waals surface area contributed by atoms with Gasteiger partial charge in [-0.05, 0) is 0 Å². The van der Waals surface area contributed by atoms with E-state index in [1.54, 1.807) is 0 Å². The Labute approximate surface area is 94.5 Å². The van der Waals surface area contributed by atoms with Gasteiger partial charge in [-0.2, -0.15) is 0 Å². The second-order valence-electron chi connectivity index (χ2n) is 0.429. The van der Waals surface area contributed by atoms with Gasteiger partial charge in [0.15, 0.2) is 0 Å². The van der Waals surface area contributed by atoms with Crippen LogP contribution in [-0.4, -0.2) is 0 Å². The Kier molecular flexibility index (Phi) is 19.0. The van der Waals surface area contributed by atoms with Gasteiger partial charge in [-0.3, -0.25) is 0 Å². The normalized spacial score (nSPS) is 8.57. The van der Waals surface area contributed by atoms with E-state index in [1.165, 1.54) is 0 Å². The average Bonchev–Trinajstić information content (AvgIpc) is 0.722. The quantitative estimate of drug-likeness (QED) is 0.352. The molecule has 0 N–H and O–H groups in total. The van der Waals surface area contributed by atoms with Gasteiger partial charge in [-0.1, -0.05) is 0 Å². The first-order valence-electron chi connectivity index (χ1n) is 0.756. The monoisotopic (exact) mass is 450 g/mol. The molecule has 0 aromatic rings.